The Balaban J connectivity index is 2.47. The molecule has 2 heterocycles. The van der Waals surface area contributed by atoms with Gasteiger partial charge >= 0.3 is 5.69 Å². The highest BCUT2D eigenvalue weighted by molar-refractivity contribution is 5.94. The SMILES string of the molecule is CCCn1cc2c(c1-c1cccc([N+](=O)[O-])c1)c(=O)n(C)c(=O)n2C. The van der Waals surface area contributed by atoms with Crippen molar-refractivity contribution in [2.75, 3.05) is 0 Å². The summed E-state index contributed by atoms with van der Waals surface area (Å²) in [5.74, 6) is 0. The zero-order valence-corrected chi connectivity index (χ0v) is 14.2. The Morgan fingerprint density at radius 2 is 1.88 bits per heavy atom. The van der Waals surface area contributed by atoms with Crippen molar-refractivity contribution < 1.29 is 4.92 Å². The topological polar surface area (TPSA) is 92.1 Å². The van der Waals surface area contributed by atoms with Gasteiger partial charge in [-0.1, -0.05) is 19.1 Å². The summed E-state index contributed by atoms with van der Waals surface area (Å²) in [6.45, 7) is 2.63. The average Bonchev–Trinajstić information content (AvgIpc) is 2.98. The number of hydrogen-bond donors (Lipinski definition) is 0. The summed E-state index contributed by atoms with van der Waals surface area (Å²) in [5, 5.41) is 11.5. The van der Waals surface area contributed by atoms with E-state index in [1.807, 2.05) is 11.5 Å². The maximum Gasteiger partial charge on any atom is 0.330 e. The van der Waals surface area contributed by atoms with Crippen LogP contribution in [0.15, 0.2) is 40.1 Å². The molecular formula is C17H18N4O4. The molecule has 0 unspecified atom stereocenters. The van der Waals surface area contributed by atoms with E-state index >= 15 is 0 Å². The van der Waals surface area contributed by atoms with Crippen LogP contribution in [-0.4, -0.2) is 18.6 Å². The molecule has 3 aromatic rings. The van der Waals surface area contributed by atoms with Gasteiger partial charge in [0.2, 0.25) is 0 Å². The van der Waals surface area contributed by atoms with Gasteiger partial charge in [-0.2, -0.15) is 0 Å². The standard InChI is InChI=1S/C17H18N4O4/c1-4-8-20-10-13-14(16(22)19(3)17(23)18(13)2)15(20)11-6-5-7-12(9-11)21(24)25/h5-7,9-10H,4,8H2,1-3H3. The van der Waals surface area contributed by atoms with Crippen molar-refractivity contribution in [1.29, 1.82) is 0 Å². The summed E-state index contributed by atoms with van der Waals surface area (Å²) >= 11 is 0. The summed E-state index contributed by atoms with van der Waals surface area (Å²) in [7, 11) is 3.04. The Labute approximate surface area is 142 Å². The van der Waals surface area contributed by atoms with Gasteiger partial charge in [0.15, 0.2) is 0 Å². The maximum absolute atomic E-state index is 12.7. The summed E-state index contributed by atoms with van der Waals surface area (Å²) in [5.41, 5.74) is 0.830. The van der Waals surface area contributed by atoms with Gasteiger partial charge in [0.25, 0.3) is 11.2 Å². The molecule has 8 nitrogen and oxygen atoms in total. The van der Waals surface area contributed by atoms with Crippen molar-refractivity contribution in [3.05, 3.63) is 61.4 Å². The van der Waals surface area contributed by atoms with E-state index in [1.165, 1.54) is 23.7 Å². The van der Waals surface area contributed by atoms with E-state index < -0.39 is 16.2 Å². The fourth-order valence-electron chi connectivity index (χ4n) is 3.08. The number of benzene rings is 1. The second kappa shape index (κ2) is 6.04. The quantitative estimate of drug-likeness (QED) is 0.536. The molecule has 0 aliphatic heterocycles. The van der Waals surface area contributed by atoms with Crippen molar-refractivity contribution in [2.45, 2.75) is 19.9 Å². The molecule has 3 rings (SSSR count). The number of non-ortho nitro benzene ring substituents is 1. The third kappa shape index (κ3) is 2.55. The van der Waals surface area contributed by atoms with Crippen molar-refractivity contribution in [2.24, 2.45) is 14.1 Å². The van der Waals surface area contributed by atoms with Crippen molar-refractivity contribution in [3.8, 4) is 11.3 Å². The first-order valence-corrected chi connectivity index (χ1v) is 7.90. The molecule has 2 aromatic heterocycles. The molecule has 8 heteroatoms. The van der Waals surface area contributed by atoms with Crippen LogP contribution < -0.4 is 11.2 Å². The lowest BCUT2D eigenvalue weighted by molar-refractivity contribution is -0.384. The first-order valence-electron chi connectivity index (χ1n) is 7.90. The summed E-state index contributed by atoms with van der Waals surface area (Å²) in [6.07, 6.45) is 2.58. The van der Waals surface area contributed by atoms with Crippen LogP contribution in [0.5, 0.6) is 0 Å². The van der Waals surface area contributed by atoms with Crippen LogP contribution in [0.2, 0.25) is 0 Å². The molecule has 130 valence electrons. The maximum atomic E-state index is 12.7. The van der Waals surface area contributed by atoms with Crippen LogP contribution in [0.3, 0.4) is 0 Å². The number of rotatable bonds is 4. The molecule has 0 saturated heterocycles. The molecular weight excluding hydrogens is 324 g/mol. The Hall–Kier alpha value is -3.16. The lowest BCUT2D eigenvalue weighted by Gasteiger charge is -2.09. The van der Waals surface area contributed by atoms with E-state index in [-0.39, 0.29) is 5.69 Å². The fourth-order valence-corrected chi connectivity index (χ4v) is 3.08. The first-order chi connectivity index (χ1) is 11.9. The number of aromatic nitrogens is 3. The van der Waals surface area contributed by atoms with Crippen LogP contribution in [0.25, 0.3) is 22.2 Å². The molecule has 0 bridgehead atoms. The van der Waals surface area contributed by atoms with E-state index in [4.69, 9.17) is 0 Å². The second-order valence-electron chi connectivity index (χ2n) is 5.94. The second-order valence-corrected chi connectivity index (χ2v) is 5.94. The van der Waals surface area contributed by atoms with E-state index in [9.17, 15) is 19.7 Å². The molecule has 1 aromatic carbocycles. The largest absolute Gasteiger partial charge is 0.345 e. The van der Waals surface area contributed by atoms with Gasteiger partial charge in [0.05, 0.1) is 21.5 Å². The Kier molecular flexibility index (Phi) is 4.03. The van der Waals surface area contributed by atoms with Gasteiger partial charge in [0.1, 0.15) is 0 Å². The van der Waals surface area contributed by atoms with Crippen LogP contribution in [-0.2, 0) is 20.6 Å². The van der Waals surface area contributed by atoms with E-state index in [2.05, 4.69) is 0 Å². The van der Waals surface area contributed by atoms with Gasteiger partial charge < -0.3 is 4.57 Å². The molecule has 25 heavy (non-hydrogen) atoms. The molecule has 0 aliphatic rings. The van der Waals surface area contributed by atoms with Crippen LogP contribution in [0.1, 0.15) is 13.3 Å². The van der Waals surface area contributed by atoms with E-state index in [0.717, 1.165) is 11.0 Å². The molecule has 0 spiro atoms. The third-order valence-corrected chi connectivity index (χ3v) is 4.31. The predicted molar refractivity (Wildman–Crippen MR) is 94.8 cm³/mol. The normalized spacial score (nSPS) is 11.2. The monoisotopic (exact) mass is 342 g/mol. The minimum absolute atomic E-state index is 0.0449. The van der Waals surface area contributed by atoms with Gasteiger partial charge in [0, 0.05) is 44.5 Å². The van der Waals surface area contributed by atoms with Gasteiger partial charge in [-0.25, -0.2) is 4.79 Å². The molecule has 0 fully saturated rings. The number of fused-ring (bicyclic) bond motifs is 1. The highest BCUT2D eigenvalue weighted by atomic mass is 16.6. The van der Waals surface area contributed by atoms with Gasteiger partial charge in [-0.15, -0.1) is 0 Å². The number of nitro groups is 1. The average molecular weight is 342 g/mol. The first kappa shape index (κ1) is 16.7. The van der Waals surface area contributed by atoms with Gasteiger partial charge in [-0.05, 0) is 6.42 Å². The summed E-state index contributed by atoms with van der Waals surface area (Å²) in [4.78, 5) is 35.6. The minimum atomic E-state index is -0.466. The minimum Gasteiger partial charge on any atom is -0.345 e. The number of nitro benzene ring substituents is 1. The van der Waals surface area contributed by atoms with Crippen molar-refractivity contribution in [1.82, 2.24) is 13.7 Å². The molecule has 0 atom stereocenters. The van der Waals surface area contributed by atoms with Crippen molar-refractivity contribution in [3.63, 3.8) is 0 Å². The Bertz CT molecular complexity index is 1100. The van der Waals surface area contributed by atoms with Crippen LogP contribution >= 0.6 is 0 Å². The highest BCUT2D eigenvalue weighted by Gasteiger charge is 2.20. The van der Waals surface area contributed by atoms with Crippen molar-refractivity contribution >= 4 is 16.6 Å². The number of nitrogens with zero attached hydrogens (tertiary/aromatic N) is 4. The number of hydrogen-bond acceptors (Lipinski definition) is 4. The molecule has 0 radical (unpaired) electrons. The molecule has 0 aliphatic carbocycles. The summed E-state index contributed by atoms with van der Waals surface area (Å²) in [6, 6.07) is 6.19. The molecule has 0 amide bonds. The zero-order chi connectivity index (χ0) is 18.3. The van der Waals surface area contributed by atoms with Crippen LogP contribution in [0.4, 0.5) is 5.69 Å². The molecule has 0 N–H and O–H groups in total. The van der Waals surface area contributed by atoms with E-state index in [1.54, 1.807) is 25.4 Å². The van der Waals surface area contributed by atoms with Crippen LogP contribution in [0, 0.1) is 10.1 Å². The number of aryl methyl sites for hydroxylation is 2. The summed E-state index contributed by atoms with van der Waals surface area (Å²) < 4.78 is 4.35. The lowest BCUT2D eigenvalue weighted by atomic mass is 10.1. The molecule has 0 saturated carbocycles. The zero-order valence-electron chi connectivity index (χ0n) is 14.2. The Morgan fingerprint density at radius 1 is 1.16 bits per heavy atom. The predicted octanol–water partition coefficient (Wildman–Crippen LogP) is 2.02. The fraction of sp³-hybridized carbons (Fsp3) is 0.294. The lowest BCUT2D eigenvalue weighted by Crippen LogP contribution is -2.36. The van der Waals surface area contributed by atoms with E-state index in [0.29, 0.717) is 28.7 Å². The highest BCUT2D eigenvalue weighted by Crippen LogP contribution is 2.30. The Morgan fingerprint density at radius 3 is 2.52 bits per heavy atom. The van der Waals surface area contributed by atoms with Gasteiger partial charge in [-0.3, -0.25) is 24.0 Å². The third-order valence-electron chi connectivity index (χ3n) is 4.31. The smallest absolute Gasteiger partial charge is 0.330 e.